The Hall–Kier alpha value is -2.89. The minimum Gasteiger partial charge on any atom is -0.381 e. The fourth-order valence-electron chi connectivity index (χ4n) is 1.85. The molecule has 0 unspecified atom stereocenters. The SMILES string of the molecule is CNC(=O)c1cccc(NCc2ccc([N+](=O)[O-])cc2)c1. The maximum absolute atomic E-state index is 11.5. The van der Waals surface area contributed by atoms with Crippen molar-refractivity contribution < 1.29 is 9.72 Å². The molecular formula is C15H15N3O3. The van der Waals surface area contributed by atoms with Crippen LogP contribution in [0.5, 0.6) is 0 Å². The van der Waals surface area contributed by atoms with Gasteiger partial charge in [-0.2, -0.15) is 0 Å². The molecule has 0 aliphatic carbocycles. The van der Waals surface area contributed by atoms with Gasteiger partial charge in [-0.15, -0.1) is 0 Å². The molecule has 1 amide bonds. The maximum Gasteiger partial charge on any atom is 0.269 e. The number of hydrogen-bond acceptors (Lipinski definition) is 4. The summed E-state index contributed by atoms with van der Waals surface area (Å²) in [7, 11) is 1.58. The number of nitro groups is 1. The molecule has 0 saturated carbocycles. The number of amides is 1. The van der Waals surface area contributed by atoms with Crippen LogP contribution in [-0.4, -0.2) is 17.9 Å². The lowest BCUT2D eigenvalue weighted by molar-refractivity contribution is -0.384. The molecule has 2 N–H and O–H groups in total. The predicted molar refractivity (Wildman–Crippen MR) is 80.3 cm³/mol. The van der Waals surface area contributed by atoms with Crippen molar-refractivity contribution in [3.63, 3.8) is 0 Å². The summed E-state index contributed by atoms with van der Waals surface area (Å²) in [4.78, 5) is 21.7. The first kappa shape index (κ1) is 14.5. The number of carbonyl (C=O) groups excluding carboxylic acids is 1. The normalized spacial score (nSPS) is 9.95. The number of carbonyl (C=O) groups is 1. The minimum atomic E-state index is -0.427. The zero-order chi connectivity index (χ0) is 15.2. The largest absolute Gasteiger partial charge is 0.381 e. The Kier molecular flexibility index (Phi) is 4.50. The third-order valence-electron chi connectivity index (χ3n) is 3.00. The summed E-state index contributed by atoms with van der Waals surface area (Å²) in [5.74, 6) is -0.144. The van der Waals surface area contributed by atoms with E-state index >= 15 is 0 Å². The second-order valence-corrected chi connectivity index (χ2v) is 4.44. The van der Waals surface area contributed by atoms with E-state index in [0.717, 1.165) is 11.3 Å². The Morgan fingerprint density at radius 2 is 1.90 bits per heavy atom. The fraction of sp³-hybridized carbons (Fsp3) is 0.133. The molecule has 6 nitrogen and oxygen atoms in total. The van der Waals surface area contributed by atoms with E-state index in [2.05, 4.69) is 10.6 Å². The number of non-ortho nitro benzene ring substituents is 1. The lowest BCUT2D eigenvalue weighted by Gasteiger charge is -2.08. The maximum atomic E-state index is 11.5. The number of nitrogens with zero attached hydrogens (tertiary/aromatic N) is 1. The van der Waals surface area contributed by atoms with Gasteiger partial charge in [0.05, 0.1) is 4.92 Å². The molecule has 0 aliphatic heterocycles. The van der Waals surface area contributed by atoms with Crippen LogP contribution in [0.15, 0.2) is 48.5 Å². The van der Waals surface area contributed by atoms with Crippen molar-refractivity contribution in [1.82, 2.24) is 5.32 Å². The van der Waals surface area contributed by atoms with E-state index < -0.39 is 4.92 Å². The Morgan fingerprint density at radius 3 is 2.52 bits per heavy atom. The van der Waals surface area contributed by atoms with E-state index in [9.17, 15) is 14.9 Å². The zero-order valence-corrected chi connectivity index (χ0v) is 11.5. The average Bonchev–Trinajstić information content (AvgIpc) is 2.52. The van der Waals surface area contributed by atoms with Gasteiger partial charge < -0.3 is 10.6 Å². The van der Waals surface area contributed by atoms with Crippen LogP contribution in [0.3, 0.4) is 0 Å². The van der Waals surface area contributed by atoms with Gasteiger partial charge in [0.25, 0.3) is 11.6 Å². The van der Waals surface area contributed by atoms with Crippen molar-refractivity contribution in [3.05, 3.63) is 69.8 Å². The topological polar surface area (TPSA) is 84.3 Å². The highest BCUT2D eigenvalue weighted by Gasteiger charge is 2.05. The molecule has 0 aromatic heterocycles. The van der Waals surface area contributed by atoms with Crippen molar-refractivity contribution in [1.29, 1.82) is 0 Å². The second kappa shape index (κ2) is 6.51. The minimum absolute atomic E-state index is 0.0698. The Bertz CT molecular complexity index is 653. The van der Waals surface area contributed by atoms with E-state index in [1.165, 1.54) is 12.1 Å². The smallest absolute Gasteiger partial charge is 0.269 e. The van der Waals surface area contributed by atoms with Crippen molar-refractivity contribution in [2.75, 3.05) is 12.4 Å². The van der Waals surface area contributed by atoms with Crippen LogP contribution in [-0.2, 0) is 6.54 Å². The van der Waals surface area contributed by atoms with Gasteiger partial charge in [-0.1, -0.05) is 18.2 Å². The molecule has 0 aliphatic rings. The monoisotopic (exact) mass is 285 g/mol. The van der Waals surface area contributed by atoms with E-state index in [1.54, 1.807) is 37.4 Å². The quantitative estimate of drug-likeness (QED) is 0.653. The number of benzene rings is 2. The molecule has 21 heavy (non-hydrogen) atoms. The predicted octanol–water partition coefficient (Wildman–Crippen LogP) is 2.57. The highest BCUT2D eigenvalue weighted by molar-refractivity contribution is 5.94. The molecule has 0 heterocycles. The van der Waals surface area contributed by atoms with Crippen LogP contribution in [0.4, 0.5) is 11.4 Å². The molecule has 108 valence electrons. The first-order chi connectivity index (χ1) is 10.1. The summed E-state index contributed by atoms with van der Waals surface area (Å²) in [6.07, 6.45) is 0. The molecule has 2 aromatic carbocycles. The van der Waals surface area contributed by atoms with E-state index in [-0.39, 0.29) is 11.6 Å². The lowest BCUT2D eigenvalue weighted by Crippen LogP contribution is -2.17. The summed E-state index contributed by atoms with van der Waals surface area (Å²) in [5, 5.41) is 16.3. The molecule has 0 bridgehead atoms. The summed E-state index contributed by atoms with van der Waals surface area (Å²) in [6.45, 7) is 0.523. The standard InChI is InChI=1S/C15H15N3O3/c1-16-15(19)12-3-2-4-13(9-12)17-10-11-5-7-14(8-6-11)18(20)21/h2-9,17H,10H2,1H3,(H,16,19). The van der Waals surface area contributed by atoms with Crippen molar-refractivity contribution in [2.45, 2.75) is 6.54 Å². The van der Waals surface area contributed by atoms with Crippen LogP contribution in [0.2, 0.25) is 0 Å². The summed E-state index contributed by atoms with van der Waals surface area (Å²) in [5.41, 5.74) is 2.38. The van der Waals surface area contributed by atoms with Crippen LogP contribution >= 0.6 is 0 Å². The summed E-state index contributed by atoms with van der Waals surface area (Å²) >= 11 is 0. The van der Waals surface area contributed by atoms with Gasteiger partial charge in [0.1, 0.15) is 0 Å². The fourth-order valence-corrected chi connectivity index (χ4v) is 1.85. The Labute approximate surface area is 121 Å². The number of hydrogen-bond donors (Lipinski definition) is 2. The Morgan fingerprint density at radius 1 is 1.19 bits per heavy atom. The molecular weight excluding hydrogens is 270 g/mol. The van der Waals surface area contributed by atoms with Crippen LogP contribution in [0.1, 0.15) is 15.9 Å². The number of rotatable bonds is 5. The van der Waals surface area contributed by atoms with E-state index in [0.29, 0.717) is 12.1 Å². The van der Waals surface area contributed by atoms with Crippen molar-refractivity contribution >= 4 is 17.3 Å². The van der Waals surface area contributed by atoms with Crippen molar-refractivity contribution in [3.8, 4) is 0 Å². The van der Waals surface area contributed by atoms with Gasteiger partial charge in [0.15, 0.2) is 0 Å². The highest BCUT2D eigenvalue weighted by Crippen LogP contribution is 2.15. The van der Waals surface area contributed by atoms with Gasteiger partial charge in [-0.05, 0) is 23.8 Å². The number of nitro benzene ring substituents is 1. The number of anilines is 1. The Balaban J connectivity index is 2.02. The summed E-state index contributed by atoms with van der Waals surface area (Å²) in [6, 6.07) is 13.5. The molecule has 0 radical (unpaired) electrons. The first-order valence-electron chi connectivity index (χ1n) is 6.39. The molecule has 2 aromatic rings. The molecule has 0 fully saturated rings. The molecule has 2 rings (SSSR count). The van der Waals surface area contributed by atoms with Gasteiger partial charge in [-0.3, -0.25) is 14.9 Å². The van der Waals surface area contributed by atoms with Crippen molar-refractivity contribution in [2.24, 2.45) is 0 Å². The molecule has 6 heteroatoms. The molecule has 0 atom stereocenters. The summed E-state index contributed by atoms with van der Waals surface area (Å²) < 4.78 is 0. The average molecular weight is 285 g/mol. The van der Waals surface area contributed by atoms with Gasteiger partial charge in [0, 0.05) is 37.0 Å². The van der Waals surface area contributed by atoms with Crippen LogP contribution in [0.25, 0.3) is 0 Å². The third-order valence-corrected chi connectivity index (χ3v) is 3.00. The van der Waals surface area contributed by atoms with Gasteiger partial charge in [-0.25, -0.2) is 0 Å². The second-order valence-electron chi connectivity index (χ2n) is 4.44. The van der Waals surface area contributed by atoms with Gasteiger partial charge in [0.2, 0.25) is 0 Å². The number of nitrogens with one attached hydrogen (secondary N) is 2. The molecule has 0 saturated heterocycles. The van der Waals surface area contributed by atoms with E-state index in [4.69, 9.17) is 0 Å². The highest BCUT2D eigenvalue weighted by atomic mass is 16.6. The third kappa shape index (κ3) is 3.79. The first-order valence-corrected chi connectivity index (χ1v) is 6.39. The van der Waals surface area contributed by atoms with E-state index in [1.807, 2.05) is 6.07 Å². The van der Waals surface area contributed by atoms with Crippen LogP contribution < -0.4 is 10.6 Å². The lowest BCUT2D eigenvalue weighted by atomic mass is 10.1. The zero-order valence-electron chi connectivity index (χ0n) is 11.5. The molecule has 0 spiro atoms. The van der Waals surface area contributed by atoms with Gasteiger partial charge >= 0.3 is 0 Å². The van der Waals surface area contributed by atoms with Crippen LogP contribution in [0, 0.1) is 10.1 Å².